The molecule has 2 aromatic carbocycles. The first-order valence-corrected chi connectivity index (χ1v) is 7.88. The smallest absolute Gasteiger partial charge is 0.326 e. The predicted molar refractivity (Wildman–Crippen MR) is 92.7 cm³/mol. The molecule has 0 aromatic heterocycles. The molecule has 2 aromatic rings. The lowest BCUT2D eigenvalue weighted by Gasteiger charge is -2.23. The van der Waals surface area contributed by atoms with Gasteiger partial charge in [-0.15, -0.1) is 0 Å². The van der Waals surface area contributed by atoms with Crippen molar-refractivity contribution in [2.75, 3.05) is 0 Å². The van der Waals surface area contributed by atoms with Gasteiger partial charge in [0.1, 0.15) is 6.04 Å². The van der Waals surface area contributed by atoms with Gasteiger partial charge in [0.15, 0.2) is 0 Å². The number of carbonyl (C=O) groups excluding carboxylic acids is 1. The van der Waals surface area contributed by atoms with E-state index in [1.54, 1.807) is 13.8 Å². The lowest BCUT2D eigenvalue weighted by Crippen LogP contribution is -2.49. The van der Waals surface area contributed by atoms with Gasteiger partial charge in [0.2, 0.25) is 0 Å². The third-order valence-corrected chi connectivity index (χ3v) is 3.76. The van der Waals surface area contributed by atoms with E-state index in [9.17, 15) is 14.7 Å². The van der Waals surface area contributed by atoms with Crippen LogP contribution >= 0.6 is 0 Å². The Morgan fingerprint density at radius 1 is 0.833 bits per heavy atom. The summed E-state index contributed by atoms with van der Waals surface area (Å²) in [7, 11) is 0. The van der Waals surface area contributed by atoms with Crippen molar-refractivity contribution in [2.45, 2.75) is 25.9 Å². The fourth-order valence-electron chi connectivity index (χ4n) is 2.48. The van der Waals surface area contributed by atoms with E-state index in [-0.39, 0.29) is 12.0 Å². The van der Waals surface area contributed by atoms with Gasteiger partial charge in [-0.3, -0.25) is 0 Å². The van der Waals surface area contributed by atoms with E-state index in [1.165, 1.54) is 0 Å². The zero-order chi connectivity index (χ0) is 17.5. The van der Waals surface area contributed by atoms with E-state index in [0.29, 0.717) is 0 Å². The Kier molecular flexibility index (Phi) is 5.95. The summed E-state index contributed by atoms with van der Waals surface area (Å²) in [6.45, 7) is 3.51. The van der Waals surface area contributed by atoms with Crippen molar-refractivity contribution < 1.29 is 14.7 Å². The van der Waals surface area contributed by atoms with Gasteiger partial charge in [-0.2, -0.15) is 0 Å². The van der Waals surface area contributed by atoms with Crippen molar-refractivity contribution in [3.8, 4) is 0 Å². The van der Waals surface area contributed by atoms with Crippen LogP contribution in [-0.4, -0.2) is 23.1 Å². The second-order valence-electron chi connectivity index (χ2n) is 5.93. The van der Waals surface area contributed by atoms with Crippen molar-refractivity contribution >= 4 is 12.0 Å². The van der Waals surface area contributed by atoms with Gasteiger partial charge >= 0.3 is 12.0 Å². The number of benzene rings is 2. The highest BCUT2D eigenvalue weighted by Crippen LogP contribution is 2.21. The highest BCUT2D eigenvalue weighted by Gasteiger charge is 2.25. The molecular formula is C19H22N2O3. The number of carboxylic acid groups (broad SMARTS) is 1. The normalized spacial score (nSPS) is 12.0. The van der Waals surface area contributed by atoms with Gasteiger partial charge in [0, 0.05) is 0 Å². The number of nitrogens with one attached hydrogen (secondary N) is 2. The van der Waals surface area contributed by atoms with Gasteiger partial charge in [-0.1, -0.05) is 74.5 Å². The summed E-state index contributed by atoms with van der Waals surface area (Å²) in [5, 5.41) is 14.6. The number of hydrogen-bond donors (Lipinski definition) is 3. The minimum atomic E-state index is -1.05. The van der Waals surface area contributed by atoms with Crippen LogP contribution in [0.4, 0.5) is 4.79 Å². The number of amides is 2. The Labute approximate surface area is 141 Å². The predicted octanol–water partition coefficient (Wildman–Crippen LogP) is 3.18. The number of carbonyl (C=O) groups is 2. The molecule has 0 radical (unpaired) electrons. The lowest BCUT2D eigenvalue weighted by molar-refractivity contribution is -0.140. The summed E-state index contributed by atoms with van der Waals surface area (Å²) in [5.74, 6) is -1.25. The van der Waals surface area contributed by atoms with Gasteiger partial charge in [-0.25, -0.2) is 9.59 Å². The van der Waals surface area contributed by atoms with Crippen molar-refractivity contribution in [2.24, 2.45) is 5.92 Å². The average molecular weight is 326 g/mol. The molecule has 0 aliphatic carbocycles. The van der Waals surface area contributed by atoms with Crippen LogP contribution in [-0.2, 0) is 4.79 Å². The van der Waals surface area contributed by atoms with Gasteiger partial charge in [0.25, 0.3) is 0 Å². The van der Waals surface area contributed by atoms with Crippen LogP contribution in [0, 0.1) is 5.92 Å². The minimum absolute atomic E-state index is 0.208. The Hall–Kier alpha value is -2.82. The molecule has 0 fully saturated rings. The second kappa shape index (κ2) is 8.15. The van der Waals surface area contributed by atoms with Crippen LogP contribution in [0.1, 0.15) is 31.0 Å². The molecule has 2 amide bonds. The zero-order valence-electron chi connectivity index (χ0n) is 13.8. The molecule has 0 aliphatic rings. The van der Waals surface area contributed by atoms with Crippen molar-refractivity contribution in [1.29, 1.82) is 0 Å². The summed E-state index contributed by atoms with van der Waals surface area (Å²) in [6.07, 6.45) is 0. The first kappa shape index (κ1) is 17.5. The Balaban J connectivity index is 2.20. The van der Waals surface area contributed by atoms with Gasteiger partial charge in [-0.05, 0) is 17.0 Å². The third kappa shape index (κ3) is 4.59. The van der Waals surface area contributed by atoms with Crippen LogP contribution in [0.3, 0.4) is 0 Å². The Morgan fingerprint density at radius 3 is 1.67 bits per heavy atom. The van der Waals surface area contributed by atoms with E-state index < -0.39 is 18.0 Å². The lowest BCUT2D eigenvalue weighted by atomic mass is 9.99. The Bertz CT molecular complexity index is 632. The van der Waals surface area contributed by atoms with Crippen molar-refractivity contribution in [3.05, 3.63) is 71.8 Å². The molecule has 24 heavy (non-hydrogen) atoms. The molecule has 0 spiro atoms. The molecule has 0 saturated carbocycles. The molecule has 0 bridgehead atoms. The minimum Gasteiger partial charge on any atom is -0.480 e. The summed E-state index contributed by atoms with van der Waals surface area (Å²) in [6, 6.07) is 17.3. The maximum absolute atomic E-state index is 12.3. The highest BCUT2D eigenvalue weighted by molar-refractivity contribution is 5.83. The van der Waals surface area contributed by atoms with E-state index in [2.05, 4.69) is 10.6 Å². The number of rotatable bonds is 6. The van der Waals surface area contributed by atoms with E-state index in [0.717, 1.165) is 11.1 Å². The van der Waals surface area contributed by atoms with Crippen LogP contribution < -0.4 is 10.6 Å². The fraction of sp³-hybridized carbons (Fsp3) is 0.263. The molecule has 126 valence electrons. The van der Waals surface area contributed by atoms with E-state index >= 15 is 0 Å². The van der Waals surface area contributed by atoms with Crippen molar-refractivity contribution in [3.63, 3.8) is 0 Å². The monoisotopic (exact) mass is 326 g/mol. The van der Waals surface area contributed by atoms with Gasteiger partial charge in [0.05, 0.1) is 6.04 Å². The summed E-state index contributed by atoms with van der Waals surface area (Å²) >= 11 is 0. The molecule has 5 nitrogen and oxygen atoms in total. The quantitative estimate of drug-likeness (QED) is 0.763. The summed E-state index contributed by atoms with van der Waals surface area (Å²) < 4.78 is 0. The SMILES string of the molecule is CC(C)C(NC(=O)NC(c1ccccc1)c1ccccc1)C(=O)O. The first-order valence-electron chi connectivity index (χ1n) is 7.88. The molecule has 3 N–H and O–H groups in total. The summed E-state index contributed by atoms with van der Waals surface area (Å²) in [4.78, 5) is 23.6. The molecule has 0 aliphatic heterocycles. The number of aliphatic carboxylic acids is 1. The standard InChI is InChI=1S/C19H22N2O3/c1-13(2)16(18(22)23)20-19(24)21-17(14-9-5-3-6-10-14)15-11-7-4-8-12-15/h3-13,16-17H,1-2H3,(H,22,23)(H2,20,21,24). The van der Waals surface area contributed by atoms with Crippen LogP contribution in [0.25, 0.3) is 0 Å². The molecule has 1 unspecified atom stereocenters. The largest absolute Gasteiger partial charge is 0.480 e. The van der Waals surface area contributed by atoms with Crippen LogP contribution in [0.2, 0.25) is 0 Å². The fourth-order valence-corrected chi connectivity index (χ4v) is 2.48. The highest BCUT2D eigenvalue weighted by atomic mass is 16.4. The second-order valence-corrected chi connectivity index (χ2v) is 5.93. The topological polar surface area (TPSA) is 78.4 Å². The maximum Gasteiger partial charge on any atom is 0.326 e. The molecule has 0 heterocycles. The maximum atomic E-state index is 12.3. The van der Waals surface area contributed by atoms with Crippen molar-refractivity contribution in [1.82, 2.24) is 10.6 Å². The van der Waals surface area contributed by atoms with Crippen LogP contribution in [0.5, 0.6) is 0 Å². The first-order chi connectivity index (χ1) is 11.5. The molecule has 2 rings (SSSR count). The Morgan fingerprint density at radius 2 is 1.29 bits per heavy atom. The molecule has 1 atom stereocenters. The molecular weight excluding hydrogens is 304 g/mol. The molecule has 0 saturated heterocycles. The third-order valence-electron chi connectivity index (χ3n) is 3.76. The average Bonchev–Trinajstić information content (AvgIpc) is 2.58. The zero-order valence-corrected chi connectivity index (χ0v) is 13.8. The van der Waals surface area contributed by atoms with E-state index in [1.807, 2.05) is 60.7 Å². The van der Waals surface area contributed by atoms with Crippen LogP contribution in [0.15, 0.2) is 60.7 Å². The number of carboxylic acids is 1. The summed E-state index contributed by atoms with van der Waals surface area (Å²) in [5.41, 5.74) is 1.85. The number of hydrogen-bond acceptors (Lipinski definition) is 2. The van der Waals surface area contributed by atoms with E-state index in [4.69, 9.17) is 0 Å². The molecule has 5 heteroatoms. The van der Waals surface area contributed by atoms with Gasteiger partial charge < -0.3 is 15.7 Å². The number of urea groups is 1.